The van der Waals surface area contributed by atoms with Crippen molar-refractivity contribution in [1.82, 2.24) is 4.98 Å². The van der Waals surface area contributed by atoms with E-state index in [-0.39, 0.29) is 16.3 Å². The Balaban J connectivity index is 2.18. The molecule has 2 rings (SSSR count). The number of hydrogen-bond donors (Lipinski definition) is 2. The third kappa shape index (κ3) is 2.93. The molecule has 0 spiro atoms. The lowest BCUT2D eigenvalue weighted by molar-refractivity contribution is 0.0691. The Morgan fingerprint density at radius 3 is 2.67 bits per heavy atom. The van der Waals surface area contributed by atoms with Crippen LogP contribution < -0.4 is 5.32 Å². The van der Waals surface area contributed by atoms with Crippen LogP contribution in [0.5, 0.6) is 0 Å². The Morgan fingerprint density at radius 2 is 2.06 bits per heavy atom. The summed E-state index contributed by atoms with van der Waals surface area (Å²) in [6.45, 7) is 2.16. The van der Waals surface area contributed by atoms with E-state index in [0.717, 1.165) is 12.8 Å². The molecule has 1 heterocycles. The average molecular weight is 269 g/mol. The van der Waals surface area contributed by atoms with Crippen LogP contribution in [0.15, 0.2) is 12.1 Å². The van der Waals surface area contributed by atoms with Crippen molar-refractivity contribution in [1.29, 1.82) is 0 Å². The number of nitrogens with zero attached hydrogens (tertiary/aromatic N) is 1. The summed E-state index contributed by atoms with van der Waals surface area (Å²) in [6, 6.07) is 3.31. The average Bonchev–Trinajstić information content (AvgIpc) is 2.32. The Labute approximate surface area is 111 Å². The number of aromatic carboxylic acids is 1. The number of carbonyl (C=O) groups is 1. The SMILES string of the molecule is CC1(Nc2ccc(Cl)c(C(=O)O)n2)CCCCC1. The summed E-state index contributed by atoms with van der Waals surface area (Å²) in [6.07, 6.45) is 5.83. The zero-order valence-electron chi connectivity index (χ0n) is 10.4. The van der Waals surface area contributed by atoms with Crippen LogP contribution in [-0.4, -0.2) is 21.6 Å². The Hall–Kier alpha value is -1.29. The monoisotopic (exact) mass is 268 g/mol. The predicted octanol–water partition coefficient (Wildman–Crippen LogP) is 3.57. The highest BCUT2D eigenvalue weighted by Gasteiger charge is 2.27. The minimum atomic E-state index is -1.10. The number of hydrogen-bond acceptors (Lipinski definition) is 3. The van der Waals surface area contributed by atoms with Crippen molar-refractivity contribution in [2.24, 2.45) is 0 Å². The van der Waals surface area contributed by atoms with Gasteiger partial charge in [0.25, 0.3) is 0 Å². The predicted molar refractivity (Wildman–Crippen MR) is 71.3 cm³/mol. The fraction of sp³-hybridized carbons (Fsp3) is 0.538. The maximum Gasteiger partial charge on any atom is 0.356 e. The summed E-state index contributed by atoms with van der Waals surface area (Å²) in [7, 11) is 0. The Bertz CT molecular complexity index is 456. The van der Waals surface area contributed by atoms with Crippen molar-refractivity contribution >= 4 is 23.4 Å². The van der Waals surface area contributed by atoms with E-state index in [9.17, 15) is 4.79 Å². The molecule has 98 valence electrons. The summed E-state index contributed by atoms with van der Waals surface area (Å²) >= 11 is 5.80. The van der Waals surface area contributed by atoms with Crippen molar-refractivity contribution in [3.8, 4) is 0 Å². The second kappa shape index (κ2) is 5.14. The normalized spacial score (nSPS) is 18.3. The molecule has 1 fully saturated rings. The number of pyridine rings is 1. The molecule has 1 aliphatic carbocycles. The number of rotatable bonds is 3. The van der Waals surface area contributed by atoms with Gasteiger partial charge in [-0.25, -0.2) is 9.78 Å². The highest BCUT2D eigenvalue weighted by molar-refractivity contribution is 6.33. The molecular weight excluding hydrogens is 252 g/mol. The third-order valence-electron chi connectivity index (χ3n) is 3.44. The van der Waals surface area contributed by atoms with Crippen molar-refractivity contribution < 1.29 is 9.90 Å². The van der Waals surface area contributed by atoms with Gasteiger partial charge in [0.2, 0.25) is 0 Å². The van der Waals surface area contributed by atoms with E-state index < -0.39 is 5.97 Å². The highest BCUT2D eigenvalue weighted by Crippen LogP contribution is 2.31. The molecule has 0 aliphatic heterocycles. The largest absolute Gasteiger partial charge is 0.476 e. The summed E-state index contributed by atoms with van der Waals surface area (Å²) < 4.78 is 0. The van der Waals surface area contributed by atoms with Crippen LogP contribution in [0.2, 0.25) is 5.02 Å². The van der Waals surface area contributed by atoms with Crippen LogP contribution in [-0.2, 0) is 0 Å². The topological polar surface area (TPSA) is 62.2 Å². The lowest BCUT2D eigenvalue weighted by Crippen LogP contribution is -2.37. The molecule has 0 radical (unpaired) electrons. The van der Waals surface area contributed by atoms with Crippen molar-refractivity contribution in [3.63, 3.8) is 0 Å². The van der Waals surface area contributed by atoms with Gasteiger partial charge in [-0.1, -0.05) is 30.9 Å². The molecule has 0 aromatic carbocycles. The maximum atomic E-state index is 11.0. The van der Waals surface area contributed by atoms with Gasteiger partial charge >= 0.3 is 5.97 Å². The van der Waals surface area contributed by atoms with E-state index in [1.54, 1.807) is 12.1 Å². The number of carboxylic acid groups (broad SMARTS) is 1. The van der Waals surface area contributed by atoms with E-state index in [1.807, 2.05) is 0 Å². The third-order valence-corrected chi connectivity index (χ3v) is 3.74. The quantitative estimate of drug-likeness (QED) is 0.880. The summed E-state index contributed by atoms with van der Waals surface area (Å²) in [5.74, 6) is -0.515. The Kier molecular flexibility index (Phi) is 3.76. The Morgan fingerprint density at radius 1 is 1.39 bits per heavy atom. The minimum Gasteiger partial charge on any atom is -0.476 e. The molecule has 1 saturated carbocycles. The highest BCUT2D eigenvalue weighted by atomic mass is 35.5. The number of carboxylic acids is 1. The van der Waals surface area contributed by atoms with Crippen LogP contribution in [0.1, 0.15) is 49.5 Å². The molecule has 0 atom stereocenters. The first-order valence-electron chi connectivity index (χ1n) is 6.18. The molecule has 1 aromatic rings. The van der Waals surface area contributed by atoms with Gasteiger partial charge < -0.3 is 10.4 Å². The molecule has 1 aliphatic rings. The first-order valence-corrected chi connectivity index (χ1v) is 6.56. The number of nitrogens with one attached hydrogen (secondary N) is 1. The van der Waals surface area contributed by atoms with Crippen LogP contribution in [0.25, 0.3) is 0 Å². The van der Waals surface area contributed by atoms with Crippen molar-refractivity contribution in [2.75, 3.05) is 5.32 Å². The van der Waals surface area contributed by atoms with Crippen LogP contribution in [0.4, 0.5) is 5.82 Å². The number of aromatic nitrogens is 1. The maximum absolute atomic E-state index is 11.0. The van der Waals surface area contributed by atoms with Gasteiger partial charge in [0.05, 0.1) is 5.02 Å². The first kappa shape index (κ1) is 13.1. The fourth-order valence-electron chi connectivity index (χ4n) is 2.43. The molecule has 1 aromatic heterocycles. The number of halogens is 1. The molecule has 0 unspecified atom stereocenters. The minimum absolute atomic E-state index is 0.00878. The van der Waals surface area contributed by atoms with E-state index >= 15 is 0 Å². The fourth-order valence-corrected chi connectivity index (χ4v) is 2.61. The van der Waals surface area contributed by atoms with Gasteiger partial charge in [0.15, 0.2) is 5.69 Å². The lowest BCUT2D eigenvalue weighted by atomic mass is 9.83. The standard InChI is InChI=1S/C13H17ClN2O2/c1-13(7-3-2-4-8-13)16-10-6-5-9(14)11(15-10)12(17)18/h5-6H,2-4,7-8H2,1H3,(H,15,16)(H,17,18). The van der Waals surface area contributed by atoms with Gasteiger partial charge in [-0.15, -0.1) is 0 Å². The molecule has 18 heavy (non-hydrogen) atoms. The van der Waals surface area contributed by atoms with E-state index in [1.165, 1.54) is 19.3 Å². The molecule has 0 saturated heterocycles. The van der Waals surface area contributed by atoms with E-state index in [4.69, 9.17) is 16.7 Å². The van der Waals surface area contributed by atoms with Crippen molar-refractivity contribution in [3.05, 3.63) is 22.8 Å². The molecule has 5 heteroatoms. The lowest BCUT2D eigenvalue weighted by Gasteiger charge is -2.35. The smallest absolute Gasteiger partial charge is 0.356 e. The molecule has 2 N–H and O–H groups in total. The summed E-state index contributed by atoms with van der Waals surface area (Å²) in [5.41, 5.74) is -0.0874. The van der Waals surface area contributed by atoms with Crippen LogP contribution in [0.3, 0.4) is 0 Å². The van der Waals surface area contributed by atoms with Gasteiger partial charge in [0.1, 0.15) is 5.82 Å². The van der Waals surface area contributed by atoms with Crippen molar-refractivity contribution in [2.45, 2.75) is 44.6 Å². The molecule has 0 bridgehead atoms. The second-order valence-electron chi connectivity index (χ2n) is 5.08. The second-order valence-corrected chi connectivity index (χ2v) is 5.49. The first-order chi connectivity index (χ1) is 8.50. The van der Waals surface area contributed by atoms with Gasteiger partial charge in [-0.05, 0) is 31.9 Å². The zero-order valence-corrected chi connectivity index (χ0v) is 11.1. The number of anilines is 1. The summed E-state index contributed by atoms with van der Waals surface area (Å²) in [4.78, 5) is 15.0. The summed E-state index contributed by atoms with van der Waals surface area (Å²) in [5, 5.41) is 12.5. The van der Waals surface area contributed by atoms with Gasteiger partial charge in [0, 0.05) is 5.54 Å². The van der Waals surface area contributed by atoms with Crippen LogP contribution in [0, 0.1) is 0 Å². The molecule has 4 nitrogen and oxygen atoms in total. The van der Waals surface area contributed by atoms with Gasteiger partial charge in [-0.3, -0.25) is 0 Å². The van der Waals surface area contributed by atoms with Crippen LogP contribution >= 0.6 is 11.6 Å². The molecule has 0 amide bonds. The zero-order chi connectivity index (χ0) is 13.2. The molecular formula is C13H17ClN2O2. The van der Waals surface area contributed by atoms with E-state index in [2.05, 4.69) is 17.2 Å². The van der Waals surface area contributed by atoms with Gasteiger partial charge in [-0.2, -0.15) is 0 Å². The van der Waals surface area contributed by atoms with E-state index in [0.29, 0.717) is 5.82 Å².